The number of anilines is 4. The number of hydrogen-bond acceptors (Lipinski definition) is 9. The Morgan fingerprint density at radius 1 is 1.11 bits per heavy atom. The van der Waals surface area contributed by atoms with Crippen molar-refractivity contribution >= 4 is 68.0 Å². The van der Waals surface area contributed by atoms with Crippen LogP contribution in [-0.4, -0.2) is 47.0 Å². The molecule has 7 rings (SSSR count). The van der Waals surface area contributed by atoms with E-state index in [1.807, 2.05) is 18.2 Å². The van der Waals surface area contributed by atoms with E-state index in [4.69, 9.17) is 25.5 Å². The molecule has 2 N–H and O–H groups in total. The van der Waals surface area contributed by atoms with Gasteiger partial charge in [0.2, 0.25) is 0 Å². The fourth-order valence-corrected chi connectivity index (χ4v) is 6.87. The minimum atomic E-state index is -0.487. The number of methoxy groups -OCH3 is 1. The number of rotatable bonds is 9. The second-order valence-electron chi connectivity index (χ2n) is 10.7. The standard InChI is InChI=1S/C32H29ClN6O5S/c1-42-25-14-20(8-7-19(25)16-38-11-3-2-4-12-38)36-30(40)28-27-26-29(34-18-35-31(26)45-28)39(32(41)37-27)21-9-10-24(23(33)15-21)44-17-22-6-5-13-43-22/h5-10,13-15,18H,2-4,11-12,16-17H2,1H3,(H,36,40)(H,37,41). The van der Waals surface area contributed by atoms with Crippen molar-refractivity contribution in [2.24, 2.45) is 0 Å². The van der Waals surface area contributed by atoms with Crippen molar-refractivity contribution in [2.75, 3.05) is 35.7 Å². The van der Waals surface area contributed by atoms with Gasteiger partial charge in [-0.15, -0.1) is 11.3 Å². The number of piperidine rings is 1. The largest absolute Gasteiger partial charge is 0.496 e. The number of urea groups is 1. The SMILES string of the molecule is COc1cc(NC(=O)c2sc3ncnc4c3c2NC(=O)N4c2ccc(OCc3ccco3)c(Cl)c2)ccc1CN1CCCCC1. The molecule has 11 nitrogen and oxygen atoms in total. The lowest BCUT2D eigenvalue weighted by Crippen LogP contribution is -2.35. The molecule has 0 saturated carbocycles. The van der Waals surface area contributed by atoms with Gasteiger partial charge in [0.1, 0.15) is 39.9 Å². The average molecular weight is 645 g/mol. The van der Waals surface area contributed by atoms with E-state index in [1.54, 1.807) is 43.7 Å². The average Bonchev–Trinajstić information content (AvgIpc) is 3.71. The fraction of sp³-hybridized carbons (Fsp3) is 0.250. The summed E-state index contributed by atoms with van der Waals surface area (Å²) in [7, 11) is 1.63. The number of likely N-dealkylation sites (tertiary alicyclic amines) is 1. The zero-order valence-corrected chi connectivity index (χ0v) is 25.9. The molecule has 1 fully saturated rings. The van der Waals surface area contributed by atoms with Gasteiger partial charge in [-0.05, 0) is 62.3 Å². The number of hydrogen-bond donors (Lipinski definition) is 2. The van der Waals surface area contributed by atoms with Gasteiger partial charge in [0.05, 0.1) is 35.2 Å². The van der Waals surface area contributed by atoms with Crippen LogP contribution in [0, 0.1) is 0 Å². The highest BCUT2D eigenvalue weighted by molar-refractivity contribution is 7.21. The molecule has 5 heterocycles. The Morgan fingerprint density at radius 2 is 1.98 bits per heavy atom. The molecule has 2 aliphatic rings. The first-order chi connectivity index (χ1) is 22.0. The third-order valence-electron chi connectivity index (χ3n) is 7.83. The lowest BCUT2D eigenvalue weighted by atomic mass is 10.1. The van der Waals surface area contributed by atoms with Crippen molar-refractivity contribution in [3.63, 3.8) is 0 Å². The first-order valence-corrected chi connectivity index (χ1v) is 15.7. The van der Waals surface area contributed by atoms with E-state index in [-0.39, 0.29) is 12.5 Å². The number of nitrogens with one attached hydrogen (secondary N) is 2. The topological polar surface area (TPSA) is 122 Å². The number of benzene rings is 2. The smallest absolute Gasteiger partial charge is 0.332 e. The highest BCUT2D eigenvalue weighted by Gasteiger charge is 2.34. The van der Waals surface area contributed by atoms with Crippen molar-refractivity contribution in [1.82, 2.24) is 14.9 Å². The molecule has 45 heavy (non-hydrogen) atoms. The number of carbonyl (C=O) groups is 2. The minimum Gasteiger partial charge on any atom is -0.496 e. The van der Waals surface area contributed by atoms with E-state index in [1.165, 1.54) is 41.8 Å². The summed E-state index contributed by atoms with van der Waals surface area (Å²) in [4.78, 5) is 40.6. The number of ether oxygens (including phenoxy) is 2. The Bertz CT molecular complexity index is 1890. The van der Waals surface area contributed by atoms with E-state index < -0.39 is 6.03 Å². The Hall–Kier alpha value is -4.65. The van der Waals surface area contributed by atoms with E-state index >= 15 is 0 Å². The lowest BCUT2D eigenvalue weighted by Gasteiger charge is -2.27. The number of aromatic nitrogens is 2. The number of halogens is 1. The van der Waals surface area contributed by atoms with Gasteiger partial charge in [0, 0.05) is 23.9 Å². The molecule has 0 unspecified atom stereocenters. The molecule has 0 spiro atoms. The normalized spacial score (nSPS) is 14.8. The third-order valence-corrected chi connectivity index (χ3v) is 9.22. The van der Waals surface area contributed by atoms with Crippen LogP contribution in [0.4, 0.5) is 27.7 Å². The van der Waals surface area contributed by atoms with Crippen LogP contribution in [-0.2, 0) is 13.2 Å². The molecule has 0 aliphatic carbocycles. The second kappa shape index (κ2) is 12.4. The minimum absolute atomic E-state index is 0.210. The number of carbonyl (C=O) groups excluding carboxylic acids is 2. The second-order valence-corrected chi connectivity index (χ2v) is 12.2. The van der Waals surface area contributed by atoms with Crippen LogP contribution in [0.3, 0.4) is 0 Å². The molecular weight excluding hydrogens is 616 g/mol. The predicted octanol–water partition coefficient (Wildman–Crippen LogP) is 7.45. The van der Waals surface area contributed by atoms with E-state index in [2.05, 4.69) is 25.5 Å². The molecule has 0 radical (unpaired) electrons. The Morgan fingerprint density at radius 3 is 2.76 bits per heavy atom. The zero-order valence-electron chi connectivity index (χ0n) is 24.3. The van der Waals surface area contributed by atoms with Crippen LogP contribution in [0.15, 0.2) is 65.5 Å². The van der Waals surface area contributed by atoms with Crippen molar-refractivity contribution < 1.29 is 23.5 Å². The van der Waals surface area contributed by atoms with E-state index in [0.29, 0.717) is 60.3 Å². The molecule has 3 amide bonds. The van der Waals surface area contributed by atoms with Crippen LogP contribution < -0.4 is 25.0 Å². The van der Waals surface area contributed by atoms with Crippen molar-refractivity contribution in [3.8, 4) is 11.5 Å². The Labute approximate surface area is 267 Å². The molecule has 13 heteroatoms. The van der Waals surface area contributed by atoms with Crippen molar-refractivity contribution in [1.29, 1.82) is 0 Å². The highest BCUT2D eigenvalue weighted by Crippen LogP contribution is 2.45. The van der Waals surface area contributed by atoms with Crippen molar-refractivity contribution in [2.45, 2.75) is 32.4 Å². The van der Waals surface area contributed by atoms with Crippen LogP contribution in [0.5, 0.6) is 11.5 Å². The predicted molar refractivity (Wildman–Crippen MR) is 173 cm³/mol. The van der Waals surface area contributed by atoms with Gasteiger partial charge in [-0.2, -0.15) is 0 Å². The third kappa shape index (κ3) is 5.79. The maximum Gasteiger partial charge on any atom is 0.332 e. The monoisotopic (exact) mass is 644 g/mol. The van der Waals surface area contributed by atoms with Gasteiger partial charge < -0.3 is 24.5 Å². The van der Waals surface area contributed by atoms with Gasteiger partial charge in [0.15, 0.2) is 5.82 Å². The molecule has 2 aliphatic heterocycles. The molecule has 1 saturated heterocycles. The number of amides is 3. The summed E-state index contributed by atoms with van der Waals surface area (Å²) in [5, 5.41) is 6.72. The molecule has 2 aromatic carbocycles. The molecule has 230 valence electrons. The van der Waals surface area contributed by atoms with Gasteiger partial charge in [0.25, 0.3) is 5.91 Å². The first-order valence-electron chi connectivity index (χ1n) is 14.5. The molecule has 3 aromatic heterocycles. The number of nitrogens with zero attached hydrogens (tertiary/aromatic N) is 4. The summed E-state index contributed by atoms with van der Waals surface area (Å²) in [5.74, 6) is 1.78. The quantitative estimate of drug-likeness (QED) is 0.170. The summed E-state index contributed by atoms with van der Waals surface area (Å²) in [6.07, 6.45) is 6.63. The maximum atomic E-state index is 13.6. The van der Waals surface area contributed by atoms with Crippen LogP contribution in [0.1, 0.15) is 40.3 Å². The lowest BCUT2D eigenvalue weighted by molar-refractivity contribution is 0.103. The van der Waals surface area contributed by atoms with Crippen molar-refractivity contribution in [3.05, 3.63) is 82.3 Å². The molecule has 0 atom stereocenters. The van der Waals surface area contributed by atoms with Gasteiger partial charge in [-0.3, -0.25) is 9.69 Å². The maximum absolute atomic E-state index is 13.6. The molecule has 0 bridgehead atoms. The molecular formula is C32H29ClN6O5S. The van der Waals surface area contributed by atoms with Crippen LogP contribution in [0.25, 0.3) is 10.2 Å². The Kier molecular flexibility index (Phi) is 8.01. The number of thiophene rings is 1. The summed E-state index contributed by atoms with van der Waals surface area (Å²) in [5.41, 5.74) is 2.49. The van der Waals surface area contributed by atoms with Gasteiger partial charge in [-0.25, -0.2) is 19.7 Å². The summed E-state index contributed by atoms with van der Waals surface area (Å²) >= 11 is 7.71. The first kappa shape index (κ1) is 29.1. The molecule has 5 aromatic rings. The van der Waals surface area contributed by atoms with Crippen LogP contribution >= 0.6 is 22.9 Å². The fourth-order valence-electron chi connectivity index (χ4n) is 5.65. The Balaban J connectivity index is 1.13. The zero-order chi connectivity index (χ0) is 30.9. The van der Waals surface area contributed by atoms with E-state index in [0.717, 1.165) is 25.2 Å². The van der Waals surface area contributed by atoms with Gasteiger partial charge >= 0.3 is 6.03 Å². The number of furan rings is 1. The van der Waals surface area contributed by atoms with Crippen LogP contribution in [0.2, 0.25) is 5.02 Å². The highest BCUT2D eigenvalue weighted by atomic mass is 35.5. The summed E-state index contributed by atoms with van der Waals surface area (Å²) in [6.45, 7) is 3.16. The van der Waals surface area contributed by atoms with E-state index in [9.17, 15) is 9.59 Å². The van der Waals surface area contributed by atoms with Gasteiger partial charge in [-0.1, -0.05) is 24.1 Å². The summed E-state index contributed by atoms with van der Waals surface area (Å²) < 4.78 is 16.8. The summed E-state index contributed by atoms with van der Waals surface area (Å²) in [6, 6.07) is 13.8.